The van der Waals surface area contributed by atoms with Gasteiger partial charge in [0.05, 0.1) is 6.61 Å². The lowest BCUT2D eigenvalue weighted by Crippen LogP contribution is -2.35. The van der Waals surface area contributed by atoms with E-state index < -0.39 is 18.4 Å². The zero-order chi connectivity index (χ0) is 14.0. The Morgan fingerprint density at radius 3 is 2.89 bits per heavy atom. The zero-order valence-electron chi connectivity index (χ0n) is 10.3. The quantitative estimate of drug-likeness (QED) is 0.458. The Morgan fingerprint density at radius 1 is 1.47 bits per heavy atom. The number of nitrogens with two attached hydrogens (primary N) is 1. The summed E-state index contributed by atoms with van der Waals surface area (Å²) in [7, 11) is 0. The van der Waals surface area contributed by atoms with Crippen LogP contribution in [0.15, 0.2) is 18.2 Å². The number of rotatable bonds is 3. The summed E-state index contributed by atoms with van der Waals surface area (Å²) in [5.41, 5.74) is 6.26. The molecule has 1 aromatic heterocycles. The van der Waals surface area contributed by atoms with Crippen molar-refractivity contribution < 1.29 is 20.1 Å². The molecule has 0 aromatic carbocycles. The van der Waals surface area contributed by atoms with Gasteiger partial charge in [0.1, 0.15) is 35.9 Å². The van der Waals surface area contributed by atoms with Crippen LogP contribution in [0.25, 0.3) is 0 Å². The molecule has 0 amide bonds. The van der Waals surface area contributed by atoms with Crippen LogP contribution < -0.4 is 11.1 Å². The molecule has 1 saturated heterocycles. The summed E-state index contributed by atoms with van der Waals surface area (Å²) in [6.07, 6.45) is -0.665. The molecule has 1 aliphatic rings. The van der Waals surface area contributed by atoms with Crippen molar-refractivity contribution >= 4 is 11.6 Å². The third-order valence-corrected chi connectivity index (χ3v) is 2.88. The largest absolute Gasteiger partial charge is 0.469 e. The van der Waals surface area contributed by atoms with Crippen LogP contribution in [0.4, 0.5) is 11.6 Å². The highest BCUT2D eigenvalue weighted by Crippen LogP contribution is 2.26. The van der Waals surface area contributed by atoms with Crippen molar-refractivity contribution in [3.8, 4) is 0 Å². The summed E-state index contributed by atoms with van der Waals surface area (Å²) >= 11 is 0. The predicted octanol–water partition coefficient (Wildman–Crippen LogP) is -1.27. The number of ether oxygens (including phenoxy) is 1. The smallest absolute Gasteiger partial charge is 0.199 e. The lowest BCUT2D eigenvalue weighted by Gasteiger charge is -2.17. The first-order valence-corrected chi connectivity index (χ1v) is 5.72. The summed E-state index contributed by atoms with van der Waals surface area (Å²) < 4.78 is 5.31. The predicted molar refractivity (Wildman–Crippen MR) is 66.9 cm³/mol. The molecule has 1 fully saturated rings. The van der Waals surface area contributed by atoms with E-state index in [0.717, 1.165) is 0 Å². The van der Waals surface area contributed by atoms with Crippen molar-refractivity contribution in [2.45, 2.75) is 25.4 Å². The number of hydrogen-bond donors (Lipinski definition) is 5. The van der Waals surface area contributed by atoms with Gasteiger partial charge in [-0.3, -0.25) is 0 Å². The van der Waals surface area contributed by atoms with Crippen LogP contribution >= 0.6 is 0 Å². The van der Waals surface area contributed by atoms with Crippen molar-refractivity contribution in [2.24, 2.45) is 0 Å². The SMILES string of the molecule is Cc1c(N)ncnc1N[C@@H]1O/C(=C/CO)[C@@H](O)[C@H]1O. The summed E-state index contributed by atoms with van der Waals surface area (Å²) in [6.45, 7) is 1.44. The monoisotopic (exact) mass is 268 g/mol. The molecule has 0 bridgehead atoms. The van der Waals surface area contributed by atoms with Crippen molar-refractivity contribution in [3.63, 3.8) is 0 Å². The van der Waals surface area contributed by atoms with E-state index in [1.807, 2.05) is 0 Å². The molecule has 104 valence electrons. The van der Waals surface area contributed by atoms with Crippen LogP contribution in [0.5, 0.6) is 0 Å². The molecule has 0 radical (unpaired) electrons. The number of nitrogens with zero attached hydrogens (tertiary/aromatic N) is 2. The Hall–Kier alpha value is -1.90. The molecule has 2 heterocycles. The van der Waals surface area contributed by atoms with Gasteiger partial charge in [0, 0.05) is 5.56 Å². The molecule has 0 spiro atoms. The lowest BCUT2D eigenvalue weighted by atomic mass is 10.2. The van der Waals surface area contributed by atoms with E-state index in [1.165, 1.54) is 12.4 Å². The second-order valence-corrected chi connectivity index (χ2v) is 4.14. The first-order valence-electron chi connectivity index (χ1n) is 5.72. The number of anilines is 2. The van der Waals surface area contributed by atoms with Gasteiger partial charge in [0.15, 0.2) is 6.23 Å². The van der Waals surface area contributed by atoms with E-state index in [9.17, 15) is 10.2 Å². The molecular weight excluding hydrogens is 252 g/mol. The molecule has 19 heavy (non-hydrogen) atoms. The Morgan fingerprint density at radius 2 is 2.21 bits per heavy atom. The lowest BCUT2D eigenvalue weighted by molar-refractivity contribution is 0.0352. The van der Waals surface area contributed by atoms with Crippen LogP contribution in [0, 0.1) is 6.92 Å². The highest BCUT2D eigenvalue weighted by atomic mass is 16.5. The number of nitrogen functional groups attached to an aromatic ring is 1. The summed E-state index contributed by atoms with van der Waals surface area (Å²) in [5, 5.41) is 31.2. The highest BCUT2D eigenvalue weighted by Gasteiger charge is 2.39. The van der Waals surface area contributed by atoms with Crippen LogP contribution in [0.2, 0.25) is 0 Å². The molecule has 1 aromatic rings. The fraction of sp³-hybridized carbons (Fsp3) is 0.455. The van der Waals surface area contributed by atoms with E-state index >= 15 is 0 Å². The highest BCUT2D eigenvalue weighted by molar-refractivity contribution is 5.54. The van der Waals surface area contributed by atoms with Gasteiger partial charge in [-0.15, -0.1) is 0 Å². The minimum Gasteiger partial charge on any atom is -0.469 e. The molecule has 2 rings (SSSR count). The Labute approximate surface area is 109 Å². The summed E-state index contributed by atoms with van der Waals surface area (Å²) in [4.78, 5) is 7.81. The van der Waals surface area contributed by atoms with Gasteiger partial charge in [0.25, 0.3) is 0 Å². The molecular formula is C11H16N4O4. The standard InChI is InChI=1S/C11H16N4O4/c1-5-9(12)13-4-14-10(5)15-11-8(18)7(17)6(19-11)2-3-16/h2,4,7-8,11,16-18H,3H2,1H3,(H3,12,13,14,15)/b6-2+/t7-,8-,11-/m1/s1. The van der Waals surface area contributed by atoms with Crippen molar-refractivity contribution in [1.29, 1.82) is 0 Å². The number of aliphatic hydroxyl groups excluding tert-OH is 3. The molecule has 0 saturated carbocycles. The fourth-order valence-corrected chi connectivity index (χ4v) is 1.74. The number of aliphatic hydroxyl groups is 3. The van der Waals surface area contributed by atoms with Crippen LogP contribution in [0.1, 0.15) is 5.56 Å². The van der Waals surface area contributed by atoms with E-state index in [0.29, 0.717) is 17.2 Å². The third kappa shape index (κ3) is 2.60. The maximum atomic E-state index is 9.84. The normalized spacial score (nSPS) is 28.4. The second kappa shape index (κ2) is 5.39. The van der Waals surface area contributed by atoms with E-state index in [1.54, 1.807) is 6.92 Å². The topological polar surface area (TPSA) is 134 Å². The van der Waals surface area contributed by atoms with E-state index in [2.05, 4.69) is 15.3 Å². The molecule has 8 nitrogen and oxygen atoms in total. The third-order valence-electron chi connectivity index (χ3n) is 2.88. The average Bonchev–Trinajstić information content (AvgIpc) is 2.64. The molecule has 3 atom stereocenters. The van der Waals surface area contributed by atoms with Crippen LogP contribution in [-0.4, -0.2) is 50.3 Å². The van der Waals surface area contributed by atoms with Crippen molar-refractivity contribution in [2.75, 3.05) is 17.7 Å². The van der Waals surface area contributed by atoms with Gasteiger partial charge in [-0.25, -0.2) is 9.97 Å². The Bertz CT molecular complexity index is 494. The maximum absolute atomic E-state index is 9.84. The average molecular weight is 268 g/mol. The van der Waals surface area contributed by atoms with Crippen LogP contribution in [0.3, 0.4) is 0 Å². The molecule has 1 aliphatic heterocycles. The van der Waals surface area contributed by atoms with Gasteiger partial charge in [0.2, 0.25) is 0 Å². The fourth-order valence-electron chi connectivity index (χ4n) is 1.74. The van der Waals surface area contributed by atoms with Crippen LogP contribution in [-0.2, 0) is 4.74 Å². The maximum Gasteiger partial charge on any atom is 0.199 e. The molecule has 8 heteroatoms. The van der Waals surface area contributed by atoms with E-state index in [-0.39, 0.29) is 12.4 Å². The van der Waals surface area contributed by atoms with Gasteiger partial charge < -0.3 is 31.1 Å². The first-order chi connectivity index (χ1) is 9.04. The first kappa shape index (κ1) is 13.5. The zero-order valence-corrected chi connectivity index (χ0v) is 10.3. The number of hydrogen-bond acceptors (Lipinski definition) is 8. The summed E-state index contributed by atoms with van der Waals surface area (Å²) in [6, 6.07) is 0. The van der Waals surface area contributed by atoms with Gasteiger partial charge in [-0.1, -0.05) is 0 Å². The summed E-state index contributed by atoms with van der Waals surface area (Å²) in [5.74, 6) is 0.845. The van der Waals surface area contributed by atoms with Gasteiger partial charge >= 0.3 is 0 Å². The Kier molecular flexibility index (Phi) is 3.84. The van der Waals surface area contributed by atoms with Crippen molar-refractivity contribution in [3.05, 3.63) is 23.7 Å². The van der Waals surface area contributed by atoms with Gasteiger partial charge in [-0.05, 0) is 13.0 Å². The number of aromatic nitrogens is 2. The molecule has 0 aliphatic carbocycles. The molecule has 0 unspecified atom stereocenters. The molecule has 6 N–H and O–H groups in total. The Balaban J connectivity index is 2.16. The minimum atomic E-state index is -1.19. The minimum absolute atomic E-state index is 0.118. The number of nitrogens with one attached hydrogen (secondary N) is 1. The van der Waals surface area contributed by atoms with Gasteiger partial charge in [-0.2, -0.15) is 0 Å². The second-order valence-electron chi connectivity index (χ2n) is 4.14. The van der Waals surface area contributed by atoms with Crippen molar-refractivity contribution in [1.82, 2.24) is 9.97 Å². The van der Waals surface area contributed by atoms with E-state index in [4.69, 9.17) is 15.6 Å².